The molecule has 2 N–H and O–H groups in total. The quantitative estimate of drug-likeness (QED) is 0.751. The Morgan fingerprint density at radius 2 is 2.18 bits per heavy atom. The third-order valence-electron chi connectivity index (χ3n) is 1.99. The molecule has 0 saturated heterocycles. The van der Waals surface area contributed by atoms with Gasteiger partial charge in [-0.1, -0.05) is 13.0 Å². The van der Waals surface area contributed by atoms with E-state index in [4.69, 9.17) is 9.84 Å². The van der Waals surface area contributed by atoms with Gasteiger partial charge in [-0.2, -0.15) is 0 Å². The van der Waals surface area contributed by atoms with Crippen LogP contribution < -0.4 is 5.32 Å². The molecule has 0 aliphatic rings. The lowest BCUT2D eigenvalue weighted by molar-refractivity contribution is -0.124. The number of benzene rings is 1. The zero-order valence-corrected chi connectivity index (χ0v) is 9.60. The summed E-state index contributed by atoms with van der Waals surface area (Å²) < 4.78 is 4.78. The van der Waals surface area contributed by atoms with E-state index >= 15 is 0 Å². The second kappa shape index (κ2) is 6.52. The summed E-state index contributed by atoms with van der Waals surface area (Å²) in [6, 6.07) is 5.77. The van der Waals surface area contributed by atoms with E-state index in [1.807, 2.05) is 6.92 Å². The van der Waals surface area contributed by atoms with Crippen LogP contribution in [0.25, 0.3) is 0 Å². The maximum absolute atomic E-state index is 11.5. The number of carbonyl (C=O) groups excluding carboxylic acids is 2. The summed E-state index contributed by atoms with van der Waals surface area (Å²) in [6.45, 7) is 2.18. The molecule has 1 aromatic carbocycles. The van der Waals surface area contributed by atoms with E-state index in [1.165, 1.54) is 24.3 Å². The van der Waals surface area contributed by atoms with Crippen molar-refractivity contribution in [3.63, 3.8) is 0 Å². The Bertz CT molecular complexity index is 403. The van der Waals surface area contributed by atoms with Gasteiger partial charge in [-0.25, -0.2) is 4.79 Å². The number of carbonyl (C=O) groups is 2. The number of nitrogens with one attached hydrogen (secondary N) is 1. The molecule has 0 aliphatic heterocycles. The minimum atomic E-state index is -0.632. The molecule has 0 atom stereocenters. The highest BCUT2D eigenvalue weighted by Gasteiger charge is 2.09. The molecule has 0 saturated carbocycles. The number of rotatable bonds is 5. The standard InChI is InChI=1S/C12H15NO4/c1-2-6-13-11(15)8-17-12(16)9-4-3-5-10(14)7-9/h3-5,7,14H,2,6,8H2,1H3,(H,13,15). The lowest BCUT2D eigenvalue weighted by Gasteiger charge is -2.05. The van der Waals surface area contributed by atoms with Crippen LogP contribution in [-0.2, 0) is 9.53 Å². The highest BCUT2D eigenvalue weighted by Crippen LogP contribution is 2.11. The molecule has 0 spiro atoms. The predicted molar refractivity (Wildman–Crippen MR) is 61.7 cm³/mol. The molecular formula is C12H15NO4. The van der Waals surface area contributed by atoms with Crippen molar-refractivity contribution in [2.24, 2.45) is 0 Å². The highest BCUT2D eigenvalue weighted by atomic mass is 16.5. The molecule has 92 valence electrons. The minimum absolute atomic E-state index is 0.0186. The number of amides is 1. The SMILES string of the molecule is CCCNC(=O)COC(=O)c1cccc(O)c1. The second-order valence-corrected chi connectivity index (χ2v) is 3.48. The normalized spacial score (nSPS) is 9.71. The number of hydrogen-bond donors (Lipinski definition) is 2. The van der Waals surface area contributed by atoms with Crippen molar-refractivity contribution in [1.82, 2.24) is 5.32 Å². The van der Waals surface area contributed by atoms with Crippen molar-refractivity contribution in [1.29, 1.82) is 0 Å². The molecule has 0 bridgehead atoms. The summed E-state index contributed by atoms with van der Waals surface area (Å²) >= 11 is 0. The summed E-state index contributed by atoms with van der Waals surface area (Å²) in [5, 5.41) is 11.8. The van der Waals surface area contributed by atoms with Crippen LogP contribution in [0.2, 0.25) is 0 Å². The maximum atomic E-state index is 11.5. The smallest absolute Gasteiger partial charge is 0.338 e. The summed E-state index contributed by atoms with van der Waals surface area (Å²) in [4.78, 5) is 22.6. The van der Waals surface area contributed by atoms with E-state index in [0.29, 0.717) is 6.54 Å². The second-order valence-electron chi connectivity index (χ2n) is 3.48. The van der Waals surface area contributed by atoms with Crippen LogP contribution in [0.1, 0.15) is 23.7 Å². The molecule has 0 fully saturated rings. The third-order valence-corrected chi connectivity index (χ3v) is 1.99. The van der Waals surface area contributed by atoms with Gasteiger partial charge in [-0.15, -0.1) is 0 Å². The van der Waals surface area contributed by atoms with E-state index in [9.17, 15) is 9.59 Å². The molecule has 0 unspecified atom stereocenters. The van der Waals surface area contributed by atoms with Crippen molar-refractivity contribution in [2.75, 3.05) is 13.2 Å². The lowest BCUT2D eigenvalue weighted by atomic mass is 10.2. The first kappa shape index (κ1) is 13.0. The first-order valence-corrected chi connectivity index (χ1v) is 5.36. The molecule has 1 amide bonds. The number of ether oxygens (including phenoxy) is 1. The van der Waals surface area contributed by atoms with Crippen LogP contribution in [0, 0.1) is 0 Å². The van der Waals surface area contributed by atoms with Gasteiger partial charge in [0.1, 0.15) is 5.75 Å². The van der Waals surface area contributed by atoms with E-state index in [2.05, 4.69) is 5.32 Å². The molecule has 0 heterocycles. The fraction of sp³-hybridized carbons (Fsp3) is 0.333. The fourth-order valence-electron chi connectivity index (χ4n) is 1.16. The van der Waals surface area contributed by atoms with E-state index < -0.39 is 5.97 Å². The number of phenols is 1. The zero-order valence-electron chi connectivity index (χ0n) is 9.60. The van der Waals surface area contributed by atoms with Crippen LogP contribution in [-0.4, -0.2) is 30.1 Å². The predicted octanol–water partition coefficient (Wildman–Crippen LogP) is 1.08. The van der Waals surface area contributed by atoms with Crippen molar-refractivity contribution < 1.29 is 19.4 Å². The average molecular weight is 237 g/mol. The molecule has 17 heavy (non-hydrogen) atoms. The van der Waals surface area contributed by atoms with Crippen molar-refractivity contribution in [3.8, 4) is 5.75 Å². The molecule has 1 rings (SSSR count). The van der Waals surface area contributed by atoms with Gasteiger partial charge >= 0.3 is 5.97 Å². The van der Waals surface area contributed by atoms with Crippen LogP contribution in [0.3, 0.4) is 0 Å². The Balaban J connectivity index is 2.42. The van der Waals surface area contributed by atoms with E-state index in [1.54, 1.807) is 0 Å². The van der Waals surface area contributed by atoms with Gasteiger partial charge < -0.3 is 15.2 Å². The van der Waals surface area contributed by atoms with Gasteiger partial charge in [-0.05, 0) is 24.6 Å². The summed E-state index contributed by atoms with van der Waals surface area (Å²) in [7, 11) is 0. The van der Waals surface area contributed by atoms with Gasteiger partial charge in [-0.3, -0.25) is 4.79 Å². The average Bonchev–Trinajstić information content (AvgIpc) is 2.33. The topological polar surface area (TPSA) is 75.6 Å². The number of hydrogen-bond acceptors (Lipinski definition) is 4. The minimum Gasteiger partial charge on any atom is -0.508 e. The van der Waals surface area contributed by atoms with Crippen molar-refractivity contribution in [2.45, 2.75) is 13.3 Å². The summed E-state index contributed by atoms with van der Waals surface area (Å²) in [6.07, 6.45) is 0.826. The molecule has 5 heteroatoms. The molecule has 0 radical (unpaired) electrons. The Labute approximate surface area is 99.4 Å². The van der Waals surface area contributed by atoms with Gasteiger partial charge in [0, 0.05) is 6.54 Å². The van der Waals surface area contributed by atoms with E-state index in [-0.39, 0.29) is 23.8 Å². The first-order chi connectivity index (χ1) is 8.13. The Hall–Kier alpha value is -2.04. The first-order valence-electron chi connectivity index (χ1n) is 5.36. The van der Waals surface area contributed by atoms with Gasteiger partial charge in [0.25, 0.3) is 5.91 Å². The van der Waals surface area contributed by atoms with Crippen molar-refractivity contribution in [3.05, 3.63) is 29.8 Å². The number of esters is 1. The molecule has 1 aromatic rings. The van der Waals surface area contributed by atoms with Crippen molar-refractivity contribution >= 4 is 11.9 Å². The maximum Gasteiger partial charge on any atom is 0.338 e. The van der Waals surface area contributed by atoms with Crippen LogP contribution in [0.5, 0.6) is 5.75 Å². The molecule has 0 aliphatic carbocycles. The lowest BCUT2D eigenvalue weighted by Crippen LogP contribution is -2.29. The molecule has 0 aromatic heterocycles. The largest absolute Gasteiger partial charge is 0.508 e. The highest BCUT2D eigenvalue weighted by molar-refractivity contribution is 5.91. The third kappa shape index (κ3) is 4.55. The van der Waals surface area contributed by atoms with Crippen LogP contribution in [0.15, 0.2) is 24.3 Å². The van der Waals surface area contributed by atoms with Gasteiger partial charge in [0.05, 0.1) is 5.56 Å². The van der Waals surface area contributed by atoms with Crippen LogP contribution >= 0.6 is 0 Å². The molecular weight excluding hydrogens is 222 g/mol. The van der Waals surface area contributed by atoms with Crippen LogP contribution in [0.4, 0.5) is 0 Å². The number of phenolic OH excluding ortho intramolecular Hbond substituents is 1. The Kier molecular flexibility index (Phi) is 5.00. The summed E-state index contributed by atoms with van der Waals surface area (Å²) in [5.74, 6) is -0.984. The fourth-order valence-corrected chi connectivity index (χ4v) is 1.16. The Morgan fingerprint density at radius 3 is 2.82 bits per heavy atom. The number of aromatic hydroxyl groups is 1. The zero-order chi connectivity index (χ0) is 12.7. The summed E-state index contributed by atoms with van der Waals surface area (Å²) in [5.41, 5.74) is 0.216. The van der Waals surface area contributed by atoms with Gasteiger partial charge in [0.2, 0.25) is 0 Å². The van der Waals surface area contributed by atoms with Gasteiger partial charge in [0.15, 0.2) is 6.61 Å². The Morgan fingerprint density at radius 1 is 1.41 bits per heavy atom. The van der Waals surface area contributed by atoms with E-state index in [0.717, 1.165) is 6.42 Å². The monoisotopic (exact) mass is 237 g/mol. The molecule has 5 nitrogen and oxygen atoms in total.